The molecule has 0 bridgehead atoms. The third-order valence-electron chi connectivity index (χ3n) is 2.45. The highest BCUT2D eigenvalue weighted by atomic mass is 16.5. The molecule has 2 rings (SSSR count). The van der Waals surface area contributed by atoms with E-state index >= 15 is 0 Å². The van der Waals surface area contributed by atoms with Crippen molar-refractivity contribution in [3.63, 3.8) is 0 Å². The minimum Gasteiger partial charge on any atom is -0.475 e. The standard InChI is InChI=1S/C11H16N2O2/c12-9-4-5-11(13-7-9)15-8-10-3-1-2-6-14-10/h4-5,7,10H,1-3,6,8,12H2. The summed E-state index contributed by atoms with van der Waals surface area (Å²) in [4.78, 5) is 4.06. The van der Waals surface area contributed by atoms with E-state index in [1.54, 1.807) is 18.3 Å². The Labute approximate surface area is 89.4 Å². The van der Waals surface area contributed by atoms with Crippen LogP contribution in [0.1, 0.15) is 19.3 Å². The summed E-state index contributed by atoms with van der Waals surface area (Å²) in [7, 11) is 0. The summed E-state index contributed by atoms with van der Waals surface area (Å²) in [6, 6.07) is 3.56. The molecule has 1 aliphatic rings. The van der Waals surface area contributed by atoms with E-state index in [1.165, 1.54) is 6.42 Å². The Morgan fingerprint density at radius 3 is 3.07 bits per heavy atom. The van der Waals surface area contributed by atoms with Crippen LogP contribution < -0.4 is 10.5 Å². The van der Waals surface area contributed by atoms with Gasteiger partial charge in [0.1, 0.15) is 6.61 Å². The molecule has 15 heavy (non-hydrogen) atoms. The van der Waals surface area contributed by atoms with E-state index in [-0.39, 0.29) is 6.10 Å². The average molecular weight is 208 g/mol. The third-order valence-corrected chi connectivity index (χ3v) is 2.45. The molecule has 1 aromatic rings. The molecule has 1 unspecified atom stereocenters. The normalized spacial score (nSPS) is 21.2. The molecule has 1 saturated heterocycles. The number of nitrogens with two attached hydrogens (primary N) is 1. The SMILES string of the molecule is Nc1ccc(OCC2CCCCO2)nc1. The first-order chi connectivity index (χ1) is 7.34. The smallest absolute Gasteiger partial charge is 0.213 e. The minimum atomic E-state index is 0.220. The lowest BCUT2D eigenvalue weighted by Crippen LogP contribution is -2.25. The summed E-state index contributed by atoms with van der Waals surface area (Å²) in [6.07, 6.45) is 5.28. The number of ether oxygens (including phenoxy) is 2. The topological polar surface area (TPSA) is 57.4 Å². The fourth-order valence-corrected chi connectivity index (χ4v) is 1.59. The fourth-order valence-electron chi connectivity index (χ4n) is 1.59. The molecular formula is C11H16N2O2. The number of nitrogen functional groups attached to an aromatic ring is 1. The molecule has 4 nitrogen and oxygen atoms in total. The molecule has 1 aromatic heterocycles. The molecule has 4 heteroatoms. The highest BCUT2D eigenvalue weighted by Crippen LogP contribution is 2.14. The van der Waals surface area contributed by atoms with Gasteiger partial charge < -0.3 is 15.2 Å². The van der Waals surface area contributed by atoms with Crippen molar-refractivity contribution in [2.75, 3.05) is 18.9 Å². The molecule has 1 fully saturated rings. The zero-order valence-corrected chi connectivity index (χ0v) is 8.69. The van der Waals surface area contributed by atoms with Crippen LogP contribution >= 0.6 is 0 Å². The van der Waals surface area contributed by atoms with Crippen molar-refractivity contribution >= 4 is 5.69 Å². The van der Waals surface area contributed by atoms with Gasteiger partial charge in [-0.1, -0.05) is 0 Å². The van der Waals surface area contributed by atoms with Crippen LogP contribution in [0.25, 0.3) is 0 Å². The molecule has 1 aliphatic heterocycles. The van der Waals surface area contributed by atoms with E-state index in [4.69, 9.17) is 15.2 Å². The fraction of sp³-hybridized carbons (Fsp3) is 0.545. The number of pyridine rings is 1. The lowest BCUT2D eigenvalue weighted by Gasteiger charge is -2.22. The van der Waals surface area contributed by atoms with Crippen LogP contribution in [0.4, 0.5) is 5.69 Å². The Balaban J connectivity index is 1.79. The predicted octanol–water partition coefficient (Wildman–Crippen LogP) is 1.61. The zero-order valence-electron chi connectivity index (χ0n) is 8.69. The van der Waals surface area contributed by atoms with Gasteiger partial charge in [0.2, 0.25) is 5.88 Å². The molecule has 0 spiro atoms. The molecule has 1 atom stereocenters. The number of anilines is 1. The Hall–Kier alpha value is -1.29. The van der Waals surface area contributed by atoms with Gasteiger partial charge in [-0.25, -0.2) is 4.98 Å². The summed E-state index contributed by atoms with van der Waals surface area (Å²) in [5, 5.41) is 0. The second kappa shape index (κ2) is 4.98. The van der Waals surface area contributed by atoms with Crippen molar-refractivity contribution in [2.45, 2.75) is 25.4 Å². The molecule has 0 aliphatic carbocycles. The van der Waals surface area contributed by atoms with Gasteiger partial charge in [-0.2, -0.15) is 0 Å². The van der Waals surface area contributed by atoms with Gasteiger partial charge in [0.15, 0.2) is 0 Å². The van der Waals surface area contributed by atoms with Gasteiger partial charge in [-0.15, -0.1) is 0 Å². The maximum atomic E-state index is 5.55. The second-order valence-electron chi connectivity index (χ2n) is 3.73. The molecular weight excluding hydrogens is 192 g/mol. The summed E-state index contributed by atoms with van der Waals surface area (Å²) in [5.74, 6) is 0.610. The van der Waals surface area contributed by atoms with Crippen molar-refractivity contribution in [2.24, 2.45) is 0 Å². The highest BCUT2D eigenvalue weighted by Gasteiger charge is 2.14. The summed E-state index contributed by atoms with van der Waals surface area (Å²) in [5.41, 5.74) is 6.17. The minimum absolute atomic E-state index is 0.220. The number of rotatable bonds is 3. The zero-order chi connectivity index (χ0) is 10.5. The lowest BCUT2D eigenvalue weighted by molar-refractivity contribution is -0.0119. The van der Waals surface area contributed by atoms with Crippen LogP contribution in [0.2, 0.25) is 0 Å². The van der Waals surface area contributed by atoms with E-state index in [0.29, 0.717) is 18.2 Å². The van der Waals surface area contributed by atoms with Crippen LogP contribution in [0.15, 0.2) is 18.3 Å². The Bertz CT molecular complexity index is 294. The molecule has 2 N–H and O–H groups in total. The van der Waals surface area contributed by atoms with Crippen LogP contribution in [0.3, 0.4) is 0 Å². The first-order valence-corrected chi connectivity index (χ1v) is 5.30. The Morgan fingerprint density at radius 1 is 1.47 bits per heavy atom. The second-order valence-corrected chi connectivity index (χ2v) is 3.73. The van der Waals surface area contributed by atoms with Crippen molar-refractivity contribution < 1.29 is 9.47 Å². The van der Waals surface area contributed by atoms with Gasteiger partial charge in [0, 0.05) is 12.7 Å². The van der Waals surface area contributed by atoms with Crippen LogP contribution in [0, 0.1) is 0 Å². The maximum Gasteiger partial charge on any atom is 0.213 e. The van der Waals surface area contributed by atoms with Crippen molar-refractivity contribution in [3.05, 3.63) is 18.3 Å². The summed E-state index contributed by atoms with van der Waals surface area (Å²) < 4.78 is 11.1. The van der Waals surface area contributed by atoms with Gasteiger partial charge >= 0.3 is 0 Å². The Kier molecular flexibility index (Phi) is 3.40. The number of nitrogens with zero attached hydrogens (tertiary/aromatic N) is 1. The van der Waals surface area contributed by atoms with Crippen LogP contribution in [-0.2, 0) is 4.74 Å². The molecule has 0 saturated carbocycles. The van der Waals surface area contributed by atoms with E-state index in [9.17, 15) is 0 Å². The van der Waals surface area contributed by atoms with Gasteiger partial charge in [0.05, 0.1) is 18.0 Å². The lowest BCUT2D eigenvalue weighted by atomic mass is 10.1. The maximum absolute atomic E-state index is 5.55. The molecule has 82 valence electrons. The first kappa shape index (κ1) is 10.2. The number of hydrogen-bond donors (Lipinski definition) is 1. The van der Waals surface area contributed by atoms with Crippen molar-refractivity contribution in [1.29, 1.82) is 0 Å². The van der Waals surface area contributed by atoms with Crippen molar-refractivity contribution in [1.82, 2.24) is 4.98 Å². The summed E-state index contributed by atoms with van der Waals surface area (Å²) >= 11 is 0. The van der Waals surface area contributed by atoms with E-state index in [0.717, 1.165) is 19.4 Å². The van der Waals surface area contributed by atoms with Gasteiger partial charge in [0.25, 0.3) is 0 Å². The summed E-state index contributed by atoms with van der Waals surface area (Å²) in [6.45, 7) is 1.43. The average Bonchev–Trinajstić information content (AvgIpc) is 2.30. The third kappa shape index (κ3) is 3.09. The number of hydrogen-bond acceptors (Lipinski definition) is 4. The monoisotopic (exact) mass is 208 g/mol. The van der Waals surface area contributed by atoms with Crippen LogP contribution in [0.5, 0.6) is 5.88 Å². The van der Waals surface area contributed by atoms with E-state index in [2.05, 4.69) is 4.98 Å². The molecule has 0 radical (unpaired) electrons. The number of aromatic nitrogens is 1. The van der Waals surface area contributed by atoms with Gasteiger partial charge in [-0.3, -0.25) is 0 Å². The van der Waals surface area contributed by atoms with Crippen LogP contribution in [-0.4, -0.2) is 24.3 Å². The first-order valence-electron chi connectivity index (χ1n) is 5.30. The quantitative estimate of drug-likeness (QED) is 0.819. The van der Waals surface area contributed by atoms with E-state index < -0.39 is 0 Å². The molecule has 0 aromatic carbocycles. The molecule has 2 heterocycles. The predicted molar refractivity (Wildman–Crippen MR) is 57.7 cm³/mol. The van der Waals surface area contributed by atoms with E-state index in [1.807, 2.05) is 0 Å². The largest absolute Gasteiger partial charge is 0.475 e. The Morgan fingerprint density at radius 2 is 2.40 bits per heavy atom. The highest BCUT2D eigenvalue weighted by molar-refractivity contribution is 5.35. The van der Waals surface area contributed by atoms with Gasteiger partial charge in [-0.05, 0) is 25.3 Å². The van der Waals surface area contributed by atoms with Crippen molar-refractivity contribution in [3.8, 4) is 5.88 Å². The molecule has 0 amide bonds.